The lowest BCUT2D eigenvalue weighted by atomic mass is 10.0. The van der Waals surface area contributed by atoms with Gasteiger partial charge in [-0.3, -0.25) is 19.5 Å². The van der Waals surface area contributed by atoms with Crippen LogP contribution in [0.2, 0.25) is 10.0 Å². The number of aliphatic carboxylic acids is 1. The number of aromatic amines is 1. The van der Waals surface area contributed by atoms with Crippen molar-refractivity contribution in [2.24, 2.45) is 0 Å². The van der Waals surface area contributed by atoms with Crippen LogP contribution >= 0.6 is 23.2 Å². The minimum atomic E-state index is -1.10. The maximum Gasteiger partial charge on any atom is 0.305 e. The van der Waals surface area contributed by atoms with Gasteiger partial charge in [-0.05, 0) is 35.9 Å². The largest absolute Gasteiger partial charge is 0.481 e. The summed E-state index contributed by atoms with van der Waals surface area (Å²) >= 11 is 12.0. The van der Waals surface area contributed by atoms with Crippen LogP contribution in [0.4, 0.5) is 0 Å². The minimum absolute atomic E-state index is 0.0117. The molecule has 0 fully saturated rings. The van der Waals surface area contributed by atoms with E-state index >= 15 is 0 Å². The van der Waals surface area contributed by atoms with Gasteiger partial charge in [0.25, 0.3) is 11.5 Å². The molecule has 0 aliphatic heterocycles. The molecule has 7 nitrogen and oxygen atoms in total. The SMILES string of the molecule is O=C(O)CC(NC(=O)c1cc(=O)n(-c2ccc(Cl)cc2)[nH]1)c1ccccc1Cl. The van der Waals surface area contributed by atoms with Gasteiger partial charge in [0.1, 0.15) is 5.69 Å². The number of amides is 1. The summed E-state index contributed by atoms with van der Waals surface area (Å²) in [7, 11) is 0. The van der Waals surface area contributed by atoms with Gasteiger partial charge >= 0.3 is 5.97 Å². The summed E-state index contributed by atoms with van der Waals surface area (Å²) in [6, 6.07) is 13.4. The average molecular weight is 420 g/mol. The number of carboxylic acids is 1. The fourth-order valence-corrected chi connectivity index (χ4v) is 3.09. The number of halogens is 2. The van der Waals surface area contributed by atoms with Crippen LogP contribution in [0, 0.1) is 0 Å². The van der Waals surface area contributed by atoms with E-state index in [4.69, 9.17) is 23.2 Å². The summed E-state index contributed by atoms with van der Waals surface area (Å²) in [6.07, 6.45) is -0.363. The Labute approximate surface area is 169 Å². The molecule has 1 aromatic heterocycles. The molecule has 0 saturated carbocycles. The van der Waals surface area contributed by atoms with Crippen molar-refractivity contribution in [2.75, 3.05) is 0 Å². The smallest absolute Gasteiger partial charge is 0.305 e. The average Bonchev–Trinajstić information content (AvgIpc) is 3.04. The first-order valence-electron chi connectivity index (χ1n) is 8.20. The molecular weight excluding hydrogens is 405 g/mol. The minimum Gasteiger partial charge on any atom is -0.481 e. The third kappa shape index (κ3) is 4.44. The van der Waals surface area contributed by atoms with E-state index in [1.54, 1.807) is 48.5 Å². The molecule has 1 amide bonds. The summed E-state index contributed by atoms with van der Waals surface area (Å²) in [5, 5.41) is 15.3. The van der Waals surface area contributed by atoms with Crippen molar-refractivity contribution in [2.45, 2.75) is 12.5 Å². The Bertz CT molecular complexity index is 1070. The number of carbonyl (C=O) groups excluding carboxylic acids is 1. The molecule has 2 aromatic carbocycles. The van der Waals surface area contributed by atoms with Crippen LogP contribution in [0.3, 0.4) is 0 Å². The van der Waals surface area contributed by atoms with Crippen molar-refractivity contribution < 1.29 is 14.7 Å². The fraction of sp³-hybridized carbons (Fsp3) is 0.105. The molecule has 144 valence electrons. The summed E-state index contributed by atoms with van der Waals surface area (Å²) in [4.78, 5) is 36.1. The Balaban J connectivity index is 1.87. The van der Waals surface area contributed by atoms with E-state index < -0.39 is 23.5 Å². The number of rotatable bonds is 6. The summed E-state index contributed by atoms with van der Waals surface area (Å²) < 4.78 is 1.19. The number of H-pyrrole nitrogens is 1. The highest BCUT2D eigenvalue weighted by atomic mass is 35.5. The molecule has 0 radical (unpaired) electrons. The van der Waals surface area contributed by atoms with Crippen LogP contribution in [0.25, 0.3) is 5.69 Å². The number of hydrogen-bond donors (Lipinski definition) is 3. The van der Waals surface area contributed by atoms with Gasteiger partial charge in [-0.25, -0.2) is 4.68 Å². The Kier molecular flexibility index (Phi) is 5.87. The zero-order chi connectivity index (χ0) is 20.3. The fourth-order valence-electron chi connectivity index (χ4n) is 2.70. The zero-order valence-corrected chi connectivity index (χ0v) is 15.9. The first kappa shape index (κ1) is 19.7. The molecule has 0 aliphatic rings. The predicted octanol–water partition coefficient (Wildman–Crippen LogP) is 3.42. The highest BCUT2D eigenvalue weighted by Gasteiger charge is 2.22. The van der Waals surface area contributed by atoms with Crippen molar-refractivity contribution >= 4 is 35.1 Å². The molecule has 9 heteroatoms. The van der Waals surface area contributed by atoms with Crippen LogP contribution in [-0.2, 0) is 4.79 Å². The van der Waals surface area contributed by atoms with Crippen molar-refractivity contribution in [3.05, 3.63) is 86.3 Å². The molecule has 0 aliphatic carbocycles. The van der Waals surface area contributed by atoms with Crippen LogP contribution in [-0.4, -0.2) is 26.8 Å². The lowest BCUT2D eigenvalue weighted by Crippen LogP contribution is -2.30. The van der Waals surface area contributed by atoms with E-state index in [0.29, 0.717) is 21.3 Å². The molecule has 0 saturated heterocycles. The summed E-state index contributed by atoms with van der Waals surface area (Å²) in [5.74, 6) is -1.73. The van der Waals surface area contributed by atoms with Gasteiger partial charge in [0.05, 0.1) is 18.2 Å². The number of carboxylic acid groups (broad SMARTS) is 1. The van der Waals surface area contributed by atoms with E-state index in [0.717, 1.165) is 6.07 Å². The number of nitrogens with zero attached hydrogens (tertiary/aromatic N) is 1. The first-order valence-corrected chi connectivity index (χ1v) is 8.96. The first-order chi connectivity index (χ1) is 13.3. The second kappa shape index (κ2) is 8.33. The van der Waals surface area contributed by atoms with E-state index in [9.17, 15) is 19.5 Å². The third-order valence-corrected chi connectivity index (χ3v) is 4.61. The number of carbonyl (C=O) groups is 2. The standard InChI is InChI=1S/C19H15Cl2N3O4/c20-11-5-7-12(8-6-11)24-17(25)9-16(23-24)19(28)22-15(10-18(26)27)13-3-1-2-4-14(13)21/h1-9,15,23H,10H2,(H,22,28)(H,26,27). The number of benzene rings is 2. The van der Waals surface area contributed by atoms with Gasteiger partial charge in [-0.15, -0.1) is 0 Å². The second-order valence-electron chi connectivity index (χ2n) is 5.97. The predicted molar refractivity (Wildman–Crippen MR) is 105 cm³/mol. The topological polar surface area (TPSA) is 104 Å². The van der Waals surface area contributed by atoms with E-state index in [-0.39, 0.29) is 12.1 Å². The Morgan fingerprint density at radius 3 is 2.43 bits per heavy atom. The highest BCUT2D eigenvalue weighted by molar-refractivity contribution is 6.31. The monoisotopic (exact) mass is 419 g/mol. The highest BCUT2D eigenvalue weighted by Crippen LogP contribution is 2.25. The lowest BCUT2D eigenvalue weighted by molar-refractivity contribution is -0.137. The second-order valence-corrected chi connectivity index (χ2v) is 6.81. The lowest BCUT2D eigenvalue weighted by Gasteiger charge is -2.18. The van der Waals surface area contributed by atoms with Crippen molar-refractivity contribution in [1.82, 2.24) is 15.1 Å². The quantitative estimate of drug-likeness (QED) is 0.569. The normalized spacial score (nSPS) is 11.8. The molecule has 3 rings (SSSR count). The van der Waals surface area contributed by atoms with Gasteiger partial charge in [0.15, 0.2) is 0 Å². The number of hydrogen-bond acceptors (Lipinski definition) is 3. The van der Waals surface area contributed by atoms with Gasteiger partial charge in [0.2, 0.25) is 0 Å². The molecule has 0 spiro atoms. The van der Waals surface area contributed by atoms with E-state index in [1.165, 1.54) is 4.68 Å². The maximum absolute atomic E-state index is 12.6. The Morgan fingerprint density at radius 2 is 1.79 bits per heavy atom. The van der Waals surface area contributed by atoms with E-state index in [1.807, 2.05) is 0 Å². The molecular formula is C19H15Cl2N3O4. The van der Waals surface area contributed by atoms with Crippen molar-refractivity contribution in [1.29, 1.82) is 0 Å². The molecule has 3 aromatic rings. The van der Waals surface area contributed by atoms with Crippen molar-refractivity contribution in [3.63, 3.8) is 0 Å². The van der Waals surface area contributed by atoms with Gasteiger partial charge in [0, 0.05) is 16.1 Å². The zero-order valence-electron chi connectivity index (χ0n) is 14.4. The van der Waals surface area contributed by atoms with Gasteiger partial charge in [-0.1, -0.05) is 41.4 Å². The molecule has 3 N–H and O–H groups in total. The molecule has 1 unspecified atom stereocenters. The van der Waals surface area contributed by atoms with Crippen molar-refractivity contribution in [3.8, 4) is 5.69 Å². The van der Waals surface area contributed by atoms with Crippen LogP contribution in [0.15, 0.2) is 59.4 Å². The maximum atomic E-state index is 12.6. The molecule has 1 heterocycles. The summed E-state index contributed by atoms with van der Waals surface area (Å²) in [5.41, 5.74) is 0.517. The van der Waals surface area contributed by atoms with E-state index in [2.05, 4.69) is 10.4 Å². The molecule has 1 atom stereocenters. The Morgan fingerprint density at radius 1 is 1.11 bits per heavy atom. The van der Waals surface area contributed by atoms with Gasteiger partial charge < -0.3 is 10.4 Å². The molecule has 0 bridgehead atoms. The van der Waals surface area contributed by atoms with Gasteiger partial charge in [-0.2, -0.15) is 0 Å². The Hall–Kier alpha value is -3.03. The third-order valence-electron chi connectivity index (χ3n) is 4.01. The van der Waals surface area contributed by atoms with Crippen LogP contribution in [0.1, 0.15) is 28.5 Å². The molecule has 28 heavy (non-hydrogen) atoms. The number of nitrogens with one attached hydrogen (secondary N) is 2. The summed E-state index contributed by atoms with van der Waals surface area (Å²) in [6.45, 7) is 0. The van der Waals surface area contributed by atoms with Crippen LogP contribution < -0.4 is 10.9 Å². The van der Waals surface area contributed by atoms with Crippen LogP contribution in [0.5, 0.6) is 0 Å². The number of aromatic nitrogens is 2.